The molecule has 1 unspecified atom stereocenters. The Labute approximate surface area is 158 Å². The molecule has 0 radical (unpaired) electrons. The number of carboxylic acids is 1. The Morgan fingerprint density at radius 1 is 1.19 bits per heavy atom. The zero-order valence-corrected chi connectivity index (χ0v) is 15.5. The molecule has 7 nitrogen and oxygen atoms in total. The van der Waals surface area contributed by atoms with Gasteiger partial charge in [0.1, 0.15) is 0 Å². The van der Waals surface area contributed by atoms with Crippen LogP contribution in [0.25, 0.3) is 0 Å². The van der Waals surface area contributed by atoms with E-state index in [1.54, 1.807) is 11.8 Å². The molecular formula is C20H26N2O5. The number of benzene rings is 1. The summed E-state index contributed by atoms with van der Waals surface area (Å²) in [5.74, 6) is -1.87. The van der Waals surface area contributed by atoms with Crippen LogP contribution in [0.5, 0.6) is 0 Å². The van der Waals surface area contributed by atoms with E-state index in [1.165, 1.54) is 0 Å². The van der Waals surface area contributed by atoms with E-state index >= 15 is 0 Å². The minimum Gasteiger partial charge on any atom is -0.481 e. The summed E-state index contributed by atoms with van der Waals surface area (Å²) in [6.07, 6.45) is 2.48. The molecule has 1 heterocycles. The molecule has 2 amide bonds. The number of nitrogens with one attached hydrogen (secondary N) is 1. The van der Waals surface area contributed by atoms with E-state index in [2.05, 4.69) is 5.32 Å². The third kappa shape index (κ3) is 4.40. The lowest BCUT2D eigenvalue weighted by molar-refractivity contribution is -0.145. The molecule has 27 heavy (non-hydrogen) atoms. The van der Waals surface area contributed by atoms with Crippen molar-refractivity contribution in [1.29, 1.82) is 0 Å². The van der Waals surface area contributed by atoms with E-state index in [9.17, 15) is 14.4 Å². The van der Waals surface area contributed by atoms with Crippen LogP contribution in [0.15, 0.2) is 24.3 Å². The summed E-state index contributed by atoms with van der Waals surface area (Å²) in [6.45, 7) is 2.80. The van der Waals surface area contributed by atoms with Crippen molar-refractivity contribution in [3.05, 3.63) is 35.4 Å². The average molecular weight is 374 g/mol. The number of carbonyl (C=O) groups is 3. The molecule has 1 aliphatic carbocycles. The molecule has 3 rings (SSSR count). The van der Waals surface area contributed by atoms with Crippen molar-refractivity contribution in [3.8, 4) is 0 Å². The first-order chi connectivity index (χ1) is 13.0. The van der Waals surface area contributed by atoms with E-state index in [1.807, 2.05) is 24.3 Å². The first-order valence-corrected chi connectivity index (χ1v) is 9.52. The Kier molecular flexibility index (Phi) is 5.98. The molecule has 1 saturated carbocycles. The first-order valence-electron chi connectivity index (χ1n) is 9.52. The van der Waals surface area contributed by atoms with Crippen LogP contribution in [0.2, 0.25) is 0 Å². The zero-order valence-electron chi connectivity index (χ0n) is 15.5. The molecular weight excluding hydrogens is 348 g/mol. The number of aliphatic carboxylic acids is 1. The number of urea groups is 1. The second-order valence-electron chi connectivity index (χ2n) is 7.22. The molecule has 1 aliphatic heterocycles. The largest absolute Gasteiger partial charge is 0.481 e. The highest BCUT2D eigenvalue weighted by Crippen LogP contribution is 2.30. The lowest BCUT2D eigenvalue weighted by atomic mass is 9.86. The van der Waals surface area contributed by atoms with Crippen molar-refractivity contribution in [2.45, 2.75) is 51.1 Å². The van der Waals surface area contributed by atoms with Crippen LogP contribution >= 0.6 is 0 Å². The molecule has 146 valence electrons. The predicted octanol–water partition coefficient (Wildman–Crippen LogP) is 2.50. The van der Waals surface area contributed by atoms with Gasteiger partial charge in [-0.05, 0) is 43.7 Å². The summed E-state index contributed by atoms with van der Waals surface area (Å²) >= 11 is 0. The first kappa shape index (κ1) is 19.2. The highest BCUT2D eigenvalue weighted by molar-refractivity contribution is 5.82. The Balaban J connectivity index is 1.65. The number of fused-ring (bicyclic) bond motifs is 1. The third-order valence-electron chi connectivity index (χ3n) is 5.46. The topological polar surface area (TPSA) is 95.9 Å². The molecule has 1 atom stereocenters. The Morgan fingerprint density at radius 2 is 1.89 bits per heavy atom. The van der Waals surface area contributed by atoms with Gasteiger partial charge < -0.3 is 20.1 Å². The summed E-state index contributed by atoms with van der Waals surface area (Å²) in [4.78, 5) is 37.9. The van der Waals surface area contributed by atoms with Gasteiger partial charge in [0.2, 0.25) is 0 Å². The molecule has 1 aromatic carbocycles. The number of hydrogen-bond acceptors (Lipinski definition) is 4. The van der Waals surface area contributed by atoms with Gasteiger partial charge >= 0.3 is 18.0 Å². The highest BCUT2D eigenvalue weighted by Gasteiger charge is 2.34. The van der Waals surface area contributed by atoms with Crippen LogP contribution in [0.3, 0.4) is 0 Å². The predicted molar refractivity (Wildman–Crippen MR) is 98.1 cm³/mol. The number of amides is 2. The van der Waals surface area contributed by atoms with Crippen molar-refractivity contribution in [3.63, 3.8) is 0 Å². The second kappa shape index (κ2) is 8.41. The Hall–Kier alpha value is -2.57. The highest BCUT2D eigenvalue weighted by atomic mass is 16.5. The zero-order chi connectivity index (χ0) is 19.4. The third-order valence-corrected chi connectivity index (χ3v) is 5.46. The smallest absolute Gasteiger partial charge is 0.317 e. The maximum atomic E-state index is 12.8. The van der Waals surface area contributed by atoms with Crippen molar-refractivity contribution < 1.29 is 24.2 Å². The van der Waals surface area contributed by atoms with E-state index in [0.29, 0.717) is 38.8 Å². The van der Waals surface area contributed by atoms with Gasteiger partial charge in [-0.15, -0.1) is 0 Å². The number of carboxylic acid groups (broad SMARTS) is 1. The Morgan fingerprint density at radius 3 is 2.56 bits per heavy atom. The van der Waals surface area contributed by atoms with E-state index in [-0.39, 0.29) is 30.5 Å². The molecule has 0 spiro atoms. The van der Waals surface area contributed by atoms with E-state index < -0.39 is 11.9 Å². The van der Waals surface area contributed by atoms with Crippen molar-refractivity contribution in [2.24, 2.45) is 5.92 Å². The van der Waals surface area contributed by atoms with Gasteiger partial charge in [-0.3, -0.25) is 9.59 Å². The van der Waals surface area contributed by atoms with Gasteiger partial charge in [-0.2, -0.15) is 0 Å². The number of ether oxygens (including phenoxy) is 1. The molecule has 0 saturated heterocycles. The molecule has 0 bridgehead atoms. The summed E-state index contributed by atoms with van der Waals surface area (Å²) < 4.78 is 5.20. The summed E-state index contributed by atoms with van der Waals surface area (Å²) in [6, 6.07) is 7.40. The standard InChI is InChI=1S/C20H26N2O5/c1-2-27-19(25)17-12-22(11-14-5-3-4-6-16(14)17)20(26)21-15-9-7-13(8-10-15)18(23)24/h3-6,13,15,17H,2,7-12H2,1H3,(H,21,26)(H,23,24). The number of nitrogens with zero attached hydrogens (tertiary/aromatic N) is 1. The molecule has 0 aromatic heterocycles. The number of esters is 1. The molecule has 1 fully saturated rings. The maximum Gasteiger partial charge on any atom is 0.317 e. The van der Waals surface area contributed by atoms with Gasteiger partial charge in [0, 0.05) is 19.1 Å². The Bertz CT molecular complexity index is 712. The van der Waals surface area contributed by atoms with Crippen molar-refractivity contribution >= 4 is 18.0 Å². The quantitative estimate of drug-likeness (QED) is 0.790. The van der Waals surface area contributed by atoms with Crippen molar-refractivity contribution in [1.82, 2.24) is 10.2 Å². The van der Waals surface area contributed by atoms with Crippen molar-refractivity contribution in [2.75, 3.05) is 13.2 Å². The molecule has 2 aliphatic rings. The van der Waals surface area contributed by atoms with E-state index in [4.69, 9.17) is 9.84 Å². The summed E-state index contributed by atoms with van der Waals surface area (Å²) in [7, 11) is 0. The summed E-state index contributed by atoms with van der Waals surface area (Å²) in [5, 5.41) is 12.1. The fourth-order valence-corrected chi connectivity index (χ4v) is 3.96. The lowest BCUT2D eigenvalue weighted by Gasteiger charge is -2.35. The summed E-state index contributed by atoms with van der Waals surface area (Å²) in [5.41, 5.74) is 1.87. The minimum absolute atomic E-state index is 0.0219. The number of rotatable bonds is 4. The van der Waals surface area contributed by atoms with Crippen LogP contribution in [0, 0.1) is 5.92 Å². The fourth-order valence-electron chi connectivity index (χ4n) is 3.96. The SMILES string of the molecule is CCOC(=O)C1CN(C(=O)NC2CCC(C(=O)O)CC2)Cc2ccccc21. The maximum absolute atomic E-state index is 12.8. The minimum atomic E-state index is -0.760. The van der Waals surface area contributed by atoms with Gasteiger partial charge in [0.25, 0.3) is 0 Å². The lowest BCUT2D eigenvalue weighted by Crippen LogP contribution is -2.49. The molecule has 2 N–H and O–H groups in total. The van der Waals surface area contributed by atoms with Crippen LogP contribution in [-0.4, -0.2) is 47.2 Å². The van der Waals surface area contributed by atoms with Crippen LogP contribution in [0.1, 0.15) is 49.7 Å². The second-order valence-corrected chi connectivity index (χ2v) is 7.22. The molecule has 1 aromatic rings. The fraction of sp³-hybridized carbons (Fsp3) is 0.550. The normalized spacial score (nSPS) is 24.6. The number of carbonyl (C=O) groups excluding carboxylic acids is 2. The molecule has 7 heteroatoms. The average Bonchev–Trinajstić information content (AvgIpc) is 2.67. The van der Waals surface area contributed by atoms with Gasteiger partial charge in [-0.25, -0.2) is 4.79 Å². The van der Waals surface area contributed by atoms with E-state index in [0.717, 1.165) is 11.1 Å². The van der Waals surface area contributed by atoms with Crippen LogP contribution in [0.4, 0.5) is 4.79 Å². The van der Waals surface area contributed by atoms with Gasteiger partial charge in [0.15, 0.2) is 0 Å². The number of hydrogen-bond donors (Lipinski definition) is 2. The monoisotopic (exact) mass is 374 g/mol. The van der Waals surface area contributed by atoms with Gasteiger partial charge in [-0.1, -0.05) is 24.3 Å². The van der Waals surface area contributed by atoms with Gasteiger partial charge in [0.05, 0.1) is 18.4 Å². The van der Waals surface area contributed by atoms with Crippen LogP contribution < -0.4 is 5.32 Å². The van der Waals surface area contributed by atoms with Crippen LogP contribution in [-0.2, 0) is 20.9 Å².